The number of nitrogens with two attached hydrogens (primary N) is 1. The Morgan fingerprint density at radius 2 is 1.79 bits per heavy atom. The molecule has 2 heterocycles. The van der Waals surface area contributed by atoms with Crippen molar-refractivity contribution in [1.82, 2.24) is 4.90 Å². The molecule has 0 aromatic heterocycles. The minimum atomic E-state index is 0.571. The van der Waals surface area contributed by atoms with Crippen LogP contribution in [-0.4, -0.2) is 44.4 Å². The van der Waals surface area contributed by atoms with E-state index in [4.69, 9.17) is 19.9 Å². The molecule has 2 N–H and O–H groups in total. The van der Waals surface area contributed by atoms with Crippen molar-refractivity contribution in [3.63, 3.8) is 0 Å². The van der Waals surface area contributed by atoms with Crippen LogP contribution in [0, 0.1) is 0 Å². The molecule has 0 radical (unpaired) electrons. The van der Waals surface area contributed by atoms with E-state index >= 15 is 0 Å². The predicted octanol–water partition coefficient (Wildman–Crippen LogP) is 1.51. The second kappa shape index (κ2) is 5.57. The first kappa shape index (κ1) is 12.4. The van der Waals surface area contributed by atoms with Gasteiger partial charge in [0.2, 0.25) is 0 Å². The Kier molecular flexibility index (Phi) is 3.64. The van der Waals surface area contributed by atoms with Crippen LogP contribution >= 0.6 is 0 Å². The van der Waals surface area contributed by atoms with E-state index in [1.165, 1.54) is 25.9 Å². The van der Waals surface area contributed by atoms with Gasteiger partial charge in [0.05, 0.1) is 5.69 Å². The summed E-state index contributed by atoms with van der Waals surface area (Å²) in [5, 5.41) is 0. The fourth-order valence-corrected chi connectivity index (χ4v) is 2.50. The standard InChI is InChI=1S/C14H20N2O3/c15-11-9-13-14(19-8-7-18-13)10-12(11)17-6-5-16-3-1-2-4-16/h9-10H,1-8,15H2. The van der Waals surface area contributed by atoms with E-state index < -0.39 is 0 Å². The van der Waals surface area contributed by atoms with E-state index in [0.717, 1.165) is 12.3 Å². The van der Waals surface area contributed by atoms with Gasteiger partial charge in [0.1, 0.15) is 25.6 Å². The lowest BCUT2D eigenvalue weighted by Crippen LogP contribution is -2.25. The number of anilines is 1. The molecule has 0 atom stereocenters. The topological polar surface area (TPSA) is 57.0 Å². The van der Waals surface area contributed by atoms with Crippen molar-refractivity contribution in [2.75, 3.05) is 45.2 Å². The molecule has 0 aliphatic carbocycles. The maximum absolute atomic E-state index is 5.96. The normalized spacial score (nSPS) is 18.5. The minimum Gasteiger partial charge on any atom is -0.490 e. The molecule has 0 bridgehead atoms. The van der Waals surface area contributed by atoms with Crippen molar-refractivity contribution in [3.8, 4) is 17.2 Å². The van der Waals surface area contributed by atoms with Crippen LogP contribution in [0.5, 0.6) is 17.2 Å². The van der Waals surface area contributed by atoms with Crippen molar-refractivity contribution in [1.29, 1.82) is 0 Å². The summed E-state index contributed by atoms with van der Waals surface area (Å²) in [6.45, 7) is 5.11. The smallest absolute Gasteiger partial charge is 0.165 e. The Morgan fingerprint density at radius 1 is 1.11 bits per heavy atom. The number of rotatable bonds is 4. The summed E-state index contributed by atoms with van der Waals surface area (Å²) in [5.41, 5.74) is 6.57. The van der Waals surface area contributed by atoms with Crippen LogP contribution in [0.4, 0.5) is 5.69 Å². The summed E-state index contributed by atoms with van der Waals surface area (Å²) < 4.78 is 16.8. The highest BCUT2D eigenvalue weighted by atomic mass is 16.6. The lowest BCUT2D eigenvalue weighted by atomic mass is 10.2. The quantitative estimate of drug-likeness (QED) is 0.835. The number of benzene rings is 1. The summed E-state index contributed by atoms with van der Waals surface area (Å²) in [7, 11) is 0. The van der Waals surface area contributed by atoms with Gasteiger partial charge < -0.3 is 19.9 Å². The van der Waals surface area contributed by atoms with Gasteiger partial charge in [0.15, 0.2) is 11.5 Å². The SMILES string of the molecule is Nc1cc2c(cc1OCCN1CCCC1)OCCO2. The zero-order chi connectivity index (χ0) is 13.1. The first-order valence-corrected chi connectivity index (χ1v) is 6.87. The molecule has 1 saturated heterocycles. The van der Waals surface area contributed by atoms with Crippen molar-refractivity contribution < 1.29 is 14.2 Å². The monoisotopic (exact) mass is 264 g/mol. The summed E-state index contributed by atoms with van der Waals surface area (Å²) in [6.07, 6.45) is 2.60. The van der Waals surface area contributed by atoms with Crippen LogP contribution < -0.4 is 19.9 Å². The fourth-order valence-electron chi connectivity index (χ4n) is 2.50. The van der Waals surface area contributed by atoms with E-state index in [2.05, 4.69) is 4.90 Å². The average molecular weight is 264 g/mol. The van der Waals surface area contributed by atoms with Gasteiger partial charge in [0, 0.05) is 18.7 Å². The zero-order valence-corrected chi connectivity index (χ0v) is 11.1. The van der Waals surface area contributed by atoms with Gasteiger partial charge in [-0.25, -0.2) is 0 Å². The molecular weight excluding hydrogens is 244 g/mol. The maximum atomic E-state index is 5.96. The van der Waals surface area contributed by atoms with Crippen LogP contribution in [0.2, 0.25) is 0 Å². The third-order valence-corrected chi connectivity index (χ3v) is 3.54. The molecule has 3 rings (SSSR count). The minimum absolute atomic E-state index is 0.571. The molecule has 19 heavy (non-hydrogen) atoms. The third-order valence-electron chi connectivity index (χ3n) is 3.54. The first-order valence-electron chi connectivity index (χ1n) is 6.87. The van der Waals surface area contributed by atoms with Crippen LogP contribution in [-0.2, 0) is 0 Å². The van der Waals surface area contributed by atoms with E-state index in [9.17, 15) is 0 Å². The highest BCUT2D eigenvalue weighted by Gasteiger charge is 2.16. The first-order chi connectivity index (χ1) is 9.33. The van der Waals surface area contributed by atoms with Crippen LogP contribution in [0.25, 0.3) is 0 Å². The third kappa shape index (κ3) is 2.87. The molecule has 1 aromatic rings. The van der Waals surface area contributed by atoms with Crippen LogP contribution in [0.3, 0.4) is 0 Å². The molecule has 5 heteroatoms. The van der Waals surface area contributed by atoms with Crippen molar-refractivity contribution in [2.24, 2.45) is 0 Å². The van der Waals surface area contributed by atoms with Crippen LogP contribution in [0.1, 0.15) is 12.8 Å². The molecule has 104 valence electrons. The van der Waals surface area contributed by atoms with Gasteiger partial charge >= 0.3 is 0 Å². The average Bonchev–Trinajstić information content (AvgIpc) is 2.92. The number of hydrogen-bond acceptors (Lipinski definition) is 5. The number of nitrogen functional groups attached to an aromatic ring is 1. The summed E-state index contributed by atoms with van der Waals surface area (Å²) in [6, 6.07) is 3.60. The number of hydrogen-bond donors (Lipinski definition) is 1. The summed E-state index contributed by atoms with van der Waals surface area (Å²) in [4.78, 5) is 2.41. The highest BCUT2D eigenvalue weighted by molar-refractivity contribution is 5.62. The van der Waals surface area contributed by atoms with Gasteiger partial charge in [-0.15, -0.1) is 0 Å². The lowest BCUT2D eigenvalue weighted by Gasteiger charge is -2.21. The van der Waals surface area contributed by atoms with Gasteiger partial charge in [0.25, 0.3) is 0 Å². The molecule has 5 nitrogen and oxygen atoms in total. The Hall–Kier alpha value is -1.62. The second-order valence-corrected chi connectivity index (χ2v) is 4.93. The predicted molar refractivity (Wildman–Crippen MR) is 73.0 cm³/mol. The lowest BCUT2D eigenvalue weighted by molar-refractivity contribution is 0.170. The van der Waals surface area contributed by atoms with E-state index in [-0.39, 0.29) is 0 Å². The molecular formula is C14H20N2O3. The Balaban J connectivity index is 1.60. The molecule has 0 spiro atoms. The maximum Gasteiger partial charge on any atom is 0.165 e. The molecule has 0 saturated carbocycles. The Morgan fingerprint density at radius 3 is 2.53 bits per heavy atom. The molecule has 0 unspecified atom stereocenters. The van der Waals surface area contributed by atoms with Crippen molar-refractivity contribution >= 4 is 5.69 Å². The van der Waals surface area contributed by atoms with Gasteiger partial charge in [-0.2, -0.15) is 0 Å². The van der Waals surface area contributed by atoms with E-state index in [1.54, 1.807) is 6.07 Å². The molecule has 2 aliphatic rings. The van der Waals surface area contributed by atoms with Crippen LogP contribution in [0.15, 0.2) is 12.1 Å². The highest BCUT2D eigenvalue weighted by Crippen LogP contribution is 2.38. The number of nitrogens with zero attached hydrogens (tertiary/aromatic N) is 1. The fraction of sp³-hybridized carbons (Fsp3) is 0.571. The molecule has 0 amide bonds. The van der Waals surface area contributed by atoms with Crippen molar-refractivity contribution in [2.45, 2.75) is 12.8 Å². The molecule has 2 aliphatic heterocycles. The molecule has 1 aromatic carbocycles. The number of ether oxygens (including phenoxy) is 3. The van der Waals surface area contributed by atoms with E-state index in [1.807, 2.05) is 6.07 Å². The zero-order valence-electron chi connectivity index (χ0n) is 11.1. The van der Waals surface area contributed by atoms with Gasteiger partial charge in [-0.05, 0) is 25.9 Å². The summed E-state index contributed by atoms with van der Waals surface area (Å²) in [5.74, 6) is 2.11. The largest absolute Gasteiger partial charge is 0.490 e. The molecule has 1 fully saturated rings. The Bertz CT molecular complexity index is 445. The van der Waals surface area contributed by atoms with Crippen molar-refractivity contribution in [3.05, 3.63) is 12.1 Å². The Labute approximate surface area is 113 Å². The summed E-state index contributed by atoms with van der Waals surface area (Å²) >= 11 is 0. The van der Waals surface area contributed by atoms with E-state index in [0.29, 0.717) is 37.0 Å². The second-order valence-electron chi connectivity index (χ2n) is 4.93. The number of likely N-dealkylation sites (tertiary alicyclic amines) is 1. The van der Waals surface area contributed by atoms with Gasteiger partial charge in [-0.3, -0.25) is 4.90 Å². The van der Waals surface area contributed by atoms with Gasteiger partial charge in [-0.1, -0.05) is 0 Å². The number of fused-ring (bicyclic) bond motifs is 1.